The molecule has 0 amide bonds. The van der Waals surface area contributed by atoms with Crippen LogP contribution in [-0.2, 0) is 6.42 Å². The van der Waals surface area contributed by atoms with Crippen LogP contribution >= 0.6 is 11.3 Å². The fraction of sp³-hybridized carbons (Fsp3) is 0.375. The Labute approximate surface area is 84.1 Å². The van der Waals surface area contributed by atoms with Crippen LogP contribution in [0.1, 0.15) is 27.9 Å². The van der Waals surface area contributed by atoms with Gasteiger partial charge in [0.15, 0.2) is 0 Å². The number of carboxylic acids is 1. The van der Waals surface area contributed by atoms with Crippen LogP contribution in [0.25, 0.3) is 0 Å². The maximum atomic E-state index is 10.6. The Balaban J connectivity index is 3.12. The van der Waals surface area contributed by atoms with Crippen molar-refractivity contribution in [2.45, 2.75) is 19.8 Å². The van der Waals surface area contributed by atoms with Gasteiger partial charge in [0.2, 0.25) is 0 Å². The Bertz CT molecular complexity index is 371. The molecule has 1 aromatic heterocycles. The summed E-state index contributed by atoms with van der Waals surface area (Å²) >= 11 is 0.979. The summed E-state index contributed by atoms with van der Waals surface area (Å²) in [5.74, 6) is -1.11. The number of thiophene rings is 1. The van der Waals surface area contributed by atoms with E-state index in [0.717, 1.165) is 23.8 Å². The minimum atomic E-state index is -1.11. The monoisotopic (exact) mass is 215 g/mol. The van der Waals surface area contributed by atoms with E-state index in [0.29, 0.717) is 11.3 Å². The van der Waals surface area contributed by atoms with Gasteiger partial charge in [0.1, 0.15) is 4.88 Å². The first-order chi connectivity index (χ1) is 6.56. The number of rotatable bonds is 4. The molecule has 14 heavy (non-hydrogen) atoms. The lowest BCUT2D eigenvalue weighted by atomic mass is 10.2. The zero-order valence-electron chi connectivity index (χ0n) is 7.52. The molecule has 0 aromatic carbocycles. The predicted molar refractivity (Wildman–Crippen MR) is 51.9 cm³/mol. The van der Waals surface area contributed by atoms with Gasteiger partial charge in [-0.1, -0.05) is 13.3 Å². The SMILES string of the molecule is CCCc1sc(C(=O)O)cc1[N+](=O)[O-]. The molecule has 1 N–H and O–H groups in total. The van der Waals surface area contributed by atoms with Crippen molar-refractivity contribution in [3.8, 4) is 0 Å². The third kappa shape index (κ3) is 2.08. The molecule has 0 saturated heterocycles. The molecule has 0 aliphatic carbocycles. The van der Waals surface area contributed by atoms with Gasteiger partial charge in [0.05, 0.1) is 9.80 Å². The number of carbonyl (C=O) groups is 1. The average Bonchev–Trinajstić information content (AvgIpc) is 2.49. The largest absolute Gasteiger partial charge is 0.477 e. The topological polar surface area (TPSA) is 80.4 Å². The Morgan fingerprint density at radius 3 is 2.79 bits per heavy atom. The van der Waals surface area contributed by atoms with Gasteiger partial charge < -0.3 is 5.11 Å². The van der Waals surface area contributed by atoms with Crippen molar-refractivity contribution in [3.63, 3.8) is 0 Å². The second-order valence-electron chi connectivity index (χ2n) is 2.73. The van der Waals surface area contributed by atoms with Gasteiger partial charge in [-0.05, 0) is 6.42 Å². The van der Waals surface area contributed by atoms with E-state index in [2.05, 4.69) is 0 Å². The van der Waals surface area contributed by atoms with Crippen molar-refractivity contribution >= 4 is 23.0 Å². The molecule has 76 valence electrons. The minimum absolute atomic E-state index is 0.0279. The Hall–Kier alpha value is -1.43. The number of hydrogen-bond acceptors (Lipinski definition) is 4. The highest BCUT2D eigenvalue weighted by molar-refractivity contribution is 7.14. The molecule has 5 nitrogen and oxygen atoms in total. The quantitative estimate of drug-likeness (QED) is 0.617. The van der Waals surface area contributed by atoms with Crippen LogP contribution < -0.4 is 0 Å². The van der Waals surface area contributed by atoms with Crippen LogP contribution in [0, 0.1) is 10.1 Å². The smallest absolute Gasteiger partial charge is 0.346 e. The van der Waals surface area contributed by atoms with E-state index < -0.39 is 10.9 Å². The normalized spacial score (nSPS) is 10.1. The summed E-state index contributed by atoms with van der Waals surface area (Å²) in [4.78, 5) is 21.2. The molecule has 0 aliphatic heterocycles. The van der Waals surface area contributed by atoms with Gasteiger partial charge in [-0.3, -0.25) is 10.1 Å². The highest BCUT2D eigenvalue weighted by Gasteiger charge is 2.20. The fourth-order valence-electron chi connectivity index (χ4n) is 1.09. The third-order valence-corrected chi connectivity index (χ3v) is 2.84. The molecule has 0 aliphatic rings. The first-order valence-electron chi connectivity index (χ1n) is 4.06. The highest BCUT2D eigenvalue weighted by Crippen LogP contribution is 2.30. The van der Waals surface area contributed by atoms with E-state index in [4.69, 9.17) is 5.11 Å². The van der Waals surface area contributed by atoms with Gasteiger partial charge in [-0.2, -0.15) is 0 Å². The molecule has 0 fully saturated rings. The third-order valence-electron chi connectivity index (χ3n) is 1.67. The van der Waals surface area contributed by atoms with Crippen LogP contribution in [0.5, 0.6) is 0 Å². The molecule has 1 aromatic rings. The average molecular weight is 215 g/mol. The van der Waals surface area contributed by atoms with Crippen LogP contribution in [0.3, 0.4) is 0 Å². The molecule has 0 unspecified atom stereocenters. The van der Waals surface area contributed by atoms with E-state index >= 15 is 0 Å². The number of aryl methyl sites for hydroxylation is 1. The lowest BCUT2D eigenvalue weighted by Gasteiger charge is -1.91. The lowest BCUT2D eigenvalue weighted by molar-refractivity contribution is -0.385. The zero-order chi connectivity index (χ0) is 10.7. The highest BCUT2D eigenvalue weighted by atomic mass is 32.1. The molecule has 1 rings (SSSR count). The van der Waals surface area contributed by atoms with Crippen molar-refractivity contribution in [2.24, 2.45) is 0 Å². The van der Waals surface area contributed by atoms with E-state index in [1.54, 1.807) is 0 Å². The van der Waals surface area contributed by atoms with Crippen LogP contribution in [-0.4, -0.2) is 16.0 Å². The van der Waals surface area contributed by atoms with Crippen LogP contribution in [0.2, 0.25) is 0 Å². The minimum Gasteiger partial charge on any atom is -0.477 e. The van der Waals surface area contributed by atoms with Crippen molar-refractivity contribution in [1.82, 2.24) is 0 Å². The van der Waals surface area contributed by atoms with Crippen molar-refractivity contribution in [3.05, 3.63) is 25.9 Å². The van der Waals surface area contributed by atoms with E-state index in [1.165, 1.54) is 0 Å². The van der Waals surface area contributed by atoms with Gasteiger partial charge in [-0.15, -0.1) is 11.3 Å². The molecule has 0 radical (unpaired) electrons. The second-order valence-corrected chi connectivity index (χ2v) is 3.87. The summed E-state index contributed by atoms with van der Waals surface area (Å²) in [6, 6.07) is 1.12. The molecular formula is C8H9NO4S. The number of aromatic carboxylic acids is 1. The standard InChI is InChI=1S/C8H9NO4S/c1-2-3-6-5(9(12)13)4-7(14-6)8(10)11/h4H,2-3H2,1H3,(H,10,11). The molecule has 6 heteroatoms. The van der Waals surface area contributed by atoms with Crippen molar-refractivity contribution < 1.29 is 14.8 Å². The summed E-state index contributed by atoms with van der Waals surface area (Å²) in [6.07, 6.45) is 1.31. The maximum Gasteiger partial charge on any atom is 0.346 e. The van der Waals surface area contributed by atoms with E-state index in [1.807, 2.05) is 6.92 Å². The number of hydrogen-bond donors (Lipinski definition) is 1. The summed E-state index contributed by atoms with van der Waals surface area (Å²) in [5, 5.41) is 19.2. The molecular weight excluding hydrogens is 206 g/mol. The van der Waals surface area contributed by atoms with Gasteiger partial charge >= 0.3 is 5.97 Å². The summed E-state index contributed by atoms with van der Waals surface area (Å²) in [5.41, 5.74) is -0.0748. The molecule has 0 atom stereocenters. The number of carboxylic acid groups (broad SMARTS) is 1. The van der Waals surface area contributed by atoms with Gasteiger partial charge in [0.25, 0.3) is 5.69 Å². The predicted octanol–water partition coefficient (Wildman–Crippen LogP) is 2.31. The lowest BCUT2D eigenvalue weighted by Crippen LogP contribution is -1.91. The fourth-order valence-corrected chi connectivity index (χ4v) is 2.15. The summed E-state index contributed by atoms with van der Waals surface area (Å²) in [6.45, 7) is 1.89. The second kappa shape index (κ2) is 4.19. The van der Waals surface area contributed by atoms with Crippen molar-refractivity contribution in [2.75, 3.05) is 0 Å². The first kappa shape index (κ1) is 10.6. The van der Waals surface area contributed by atoms with Crippen molar-refractivity contribution in [1.29, 1.82) is 0 Å². The first-order valence-corrected chi connectivity index (χ1v) is 4.88. The Morgan fingerprint density at radius 1 is 1.71 bits per heavy atom. The van der Waals surface area contributed by atoms with Gasteiger partial charge in [0, 0.05) is 6.07 Å². The molecule has 0 bridgehead atoms. The van der Waals surface area contributed by atoms with E-state index in [-0.39, 0.29) is 10.6 Å². The van der Waals surface area contributed by atoms with Crippen LogP contribution in [0.15, 0.2) is 6.07 Å². The van der Waals surface area contributed by atoms with E-state index in [9.17, 15) is 14.9 Å². The van der Waals surface area contributed by atoms with Crippen LogP contribution in [0.4, 0.5) is 5.69 Å². The zero-order valence-corrected chi connectivity index (χ0v) is 8.34. The number of nitrogens with zero attached hydrogens (tertiary/aromatic N) is 1. The number of nitro groups is 1. The molecule has 0 saturated carbocycles. The maximum absolute atomic E-state index is 10.6. The summed E-state index contributed by atoms with van der Waals surface area (Å²) < 4.78 is 0. The van der Waals surface area contributed by atoms with Gasteiger partial charge in [-0.25, -0.2) is 4.79 Å². The Morgan fingerprint density at radius 2 is 2.36 bits per heavy atom. The molecule has 0 spiro atoms. The molecule has 1 heterocycles. The Kier molecular flexibility index (Phi) is 3.19. The summed E-state index contributed by atoms with van der Waals surface area (Å²) in [7, 11) is 0.